The van der Waals surface area contributed by atoms with Gasteiger partial charge in [0.1, 0.15) is 17.2 Å². The average molecular weight is 1000 g/mol. The average Bonchev–Trinajstić information content (AvgIpc) is 3.86. The van der Waals surface area contributed by atoms with E-state index in [0.29, 0.717) is 106 Å². The molecule has 3 aliphatic carbocycles. The summed E-state index contributed by atoms with van der Waals surface area (Å²) in [4.78, 5) is 49.2. The molecule has 3 N–H and O–H groups in total. The lowest BCUT2D eigenvalue weighted by Crippen LogP contribution is -2.36. The summed E-state index contributed by atoms with van der Waals surface area (Å²) in [5.41, 5.74) is 6.04. The van der Waals surface area contributed by atoms with Crippen LogP contribution >= 0.6 is 0 Å². The molecule has 0 spiro atoms. The van der Waals surface area contributed by atoms with Gasteiger partial charge in [-0.05, 0) is 112 Å². The second kappa shape index (κ2) is 17.1. The number of carbonyl (C=O) groups is 3. The maximum absolute atomic E-state index is 16.7. The smallest absolute Gasteiger partial charge is 0.194 e. The summed E-state index contributed by atoms with van der Waals surface area (Å²) >= 11 is 0. The van der Waals surface area contributed by atoms with E-state index in [1.54, 1.807) is 0 Å². The van der Waals surface area contributed by atoms with Gasteiger partial charge in [0.05, 0.1) is 11.3 Å². The largest absolute Gasteiger partial charge is 0.507 e. The number of phenols is 3. The lowest BCUT2D eigenvalue weighted by Gasteiger charge is -2.42. The Hall–Kier alpha value is -6.79. The highest BCUT2D eigenvalue weighted by Gasteiger charge is 2.62. The Bertz CT molecular complexity index is 3250. The minimum Gasteiger partial charge on any atom is -0.507 e. The molecule has 3 aliphatic rings. The highest BCUT2D eigenvalue weighted by Crippen LogP contribution is 2.68. The van der Waals surface area contributed by atoms with Crippen LogP contribution in [0, 0.1) is 0 Å². The van der Waals surface area contributed by atoms with Crippen molar-refractivity contribution in [2.45, 2.75) is 168 Å². The van der Waals surface area contributed by atoms with E-state index in [9.17, 15) is 15.3 Å². The van der Waals surface area contributed by atoms with E-state index in [4.69, 9.17) is 0 Å². The molecule has 9 rings (SSSR count). The molecule has 0 radical (unpaired) electrons. The molecule has 0 saturated carbocycles. The van der Waals surface area contributed by atoms with Gasteiger partial charge in [-0.2, -0.15) is 0 Å². The number of hydrogen-bond donors (Lipinski definition) is 3. The molecule has 1 unspecified atom stereocenters. The molecule has 0 amide bonds. The monoisotopic (exact) mass is 1000 g/mol. The van der Waals surface area contributed by atoms with Crippen molar-refractivity contribution < 1.29 is 29.7 Å². The van der Waals surface area contributed by atoms with Crippen molar-refractivity contribution >= 4 is 39.6 Å². The zero-order chi connectivity index (χ0) is 55.2. The maximum atomic E-state index is 16.7. The van der Waals surface area contributed by atoms with Gasteiger partial charge in [-0.1, -0.05) is 210 Å². The van der Waals surface area contributed by atoms with Crippen LogP contribution in [-0.4, -0.2) is 32.7 Å². The SMILES string of the molecule is CC(C)(C)c1cc(C2=C(C3(C4=C(c5cc(C(C)(C)C)c(O)c(C(C)(C)C)c5)C(=O)c5ccccc54)c4ccccc4C(=O)C3c3cc(C(C)(C)C)c(O)c(C(C)(C)C)c3)c3ccccc3C2=O)cc(C(C)(C)C)c1O. The minimum absolute atomic E-state index is 0.164. The first-order valence-corrected chi connectivity index (χ1v) is 26.6. The third-order valence-electron chi connectivity index (χ3n) is 16.0. The topological polar surface area (TPSA) is 112 Å². The first-order valence-electron chi connectivity index (χ1n) is 26.6. The predicted octanol–water partition coefficient (Wildman–Crippen LogP) is 16.4. The number of benzene rings is 6. The number of aromatic hydroxyl groups is 3. The van der Waals surface area contributed by atoms with Crippen LogP contribution in [0.15, 0.2) is 109 Å². The van der Waals surface area contributed by atoms with Crippen molar-refractivity contribution in [1.29, 1.82) is 0 Å². The first kappa shape index (κ1) is 53.1. The van der Waals surface area contributed by atoms with Crippen LogP contribution in [0.3, 0.4) is 0 Å². The number of hydrogen-bond acceptors (Lipinski definition) is 6. The Kier molecular flexibility index (Phi) is 12.1. The highest BCUT2D eigenvalue weighted by molar-refractivity contribution is 6.46. The molecule has 0 aromatic heterocycles. The number of rotatable bonds is 5. The van der Waals surface area contributed by atoms with E-state index >= 15 is 14.4 Å². The molecule has 0 heterocycles. The quantitative estimate of drug-likeness (QED) is 0.159. The molecule has 6 heteroatoms. The summed E-state index contributed by atoms with van der Waals surface area (Å²) in [5, 5.41) is 37.0. The second-order valence-corrected chi connectivity index (χ2v) is 27.7. The van der Waals surface area contributed by atoms with Crippen LogP contribution in [0.25, 0.3) is 22.3 Å². The molecule has 0 fully saturated rings. The zero-order valence-electron chi connectivity index (χ0n) is 47.5. The van der Waals surface area contributed by atoms with Gasteiger partial charge in [0.25, 0.3) is 0 Å². The molecule has 6 nitrogen and oxygen atoms in total. The summed E-state index contributed by atoms with van der Waals surface area (Å²) in [7, 11) is 0. The summed E-state index contributed by atoms with van der Waals surface area (Å²) < 4.78 is 0. The summed E-state index contributed by atoms with van der Waals surface area (Å²) in [5.74, 6) is -1.26. The van der Waals surface area contributed by atoms with Gasteiger partial charge in [0.2, 0.25) is 0 Å². The molecule has 75 heavy (non-hydrogen) atoms. The van der Waals surface area contributed by atoms with Crippen LogP contribution in [0.4, 0.5) is 0 Å². The van der Waals surface area contributed by atoms with Gasteiger partial charge < -0.3 is 15.3 Å². The van der Waals surface area contributed by atoms with Crippen molar-refractivity contribution in [1.82, 2.24) is 0 Å². The van der Waals surface area contributed by atoms with Crippen LogP contribution in [0.1, 0.15) is 228 Å². The van der Waals surface area contributed by atoms with Crippen LogP contribution < -0.4 is 0 Å². The first-order chi connectivity index (χ1) is 34.5. The van der Waals surface area contributed by atoms with Crippen molar-refractivity contribution in [3.63, 3.8) is 0 Å². The van der Waals surface area contributed by atoms with Crippen molar-refractivity contribution in [3.05, 3.63) is 193 Å². The number of Topliss-reactive ketones (excluding diaryl/α,β-unsaturated/α-hetero) is 3. The second-order valence-electron chi connectivity index (χ2n) is 27.7. The van der Waals surface area contributed by atoms with E-state index in [1.807, 2.05) is 109 Å². The molecule has 0 bridgehead atoms. The van der Waals surface area contributed by atoms with Gasteiger partial charge in [0.15, 0.2) is 17.3 Å². The summed E-state index contributed by atoms with van der Waals surface area (Å²) in [6, 6.07) is 34.8. The van der Waals surface area contributed by atoms with Crippen LogP contribution in [-0.2, 0) is 37.9 Å². The molecule has 1 atom stereocenters. The van der Waals surface area contributed by atoms with Gasteiger partial charge in [-0.15, -0.1) is 0 Å². The molecule has 0 saturated heterocycles. The van der Waals surface area contributed by atoms with Gasteiger partial charge in [-0.3, -0.25) is 14.4 Å². The molecule has 0 aliphatic heterocycles. The molecule has 388 valence electrons. The molecular formula is C69H76O6. The predicted molar refractivity (Wildman–Crippen MR) is 307 cm³/mol. The fourth-order valence-corrected chi connectivity index (χ4v) is 12.4. The van der Waals surface area contributed by atoms with Gasteiger partial charge in [0, 0.05) is 50.1 Å². The number of allylic oxidation sites excluding steroid dienone is 4. The lowest BCUT2D eigenvalue weighted by atomic mass is 9.57. The van der Waals surface area contributed by atoms with E-state index in [-0.39, 0.29) is 34.6 Å². The number of ketones is 3. The normalized spacial score (nSPS) is 17.0. The number of carbonyl (C=O) groups excluding carboxylic acids is 3. The molecule has 6 aromatic carbocycles. The Morgan fingerprint density at radius 3 is 0.933 bits per heavy atom. The standard InChI is InChI=1S/C69H76O6/c1-63(2,3)46-31-37(32-47(60(46)73)64(4,5)6)52-55(40-25-19-21-27-42(40)57(52)70)69(45-30-24-23-29-44(45)59(72)54(69)39-35-50(67(13,14)15)62(75)51(36-39)68(16,17)18)56-41-26-20-22-28-43(41)58(71)53(56)38-33-48(65(7,8)9)61(74)49(34-38)66(10,11)12/h19-36,54,73-75H,1-18H3. The summed E-state index contributed by atoms with van der Waals surface area (Å²) in [6.45, 7) is 37.0. The van der Waals surface area contributed by atoms with E-state index in [0.717, 1.165) is 0 Å². The van der Waals surface area contributed by atoms with Crippen molar-refractivity contribution in [2.24, 2.45) is 0 Å². The van der Waals surface area contributed by atoms with Gasteiger partial charge in [-0.25, -0.2) is 0 Å². The van der Waals surface area contributed by atoms with Crippen molar-refractivity contribution in [3.8, 4) is 17.2 Å². The number of fused-ring (bicyclic) bond motifs is 3. The van der Waals surface area contributed by atoms with E-state index in [2.05, 4.69) is 125 Å². The van der Waals surface area contributed by atoms with Gasteiger partial charge >= 0.3 is 0 Å². The third kappa shape index (κ3) is 8.24. The molecule has 6 aromatic rings. The zero-order valence-corrected chi connectivity index (χ0v) is 47.5. The van der Waals surface area contributed by atoms with E-state index < -0.39 is 43.8 Å². The fourth-order valence-electron chi connectivity index (χ4n) is 12.4. The lowest BCUT2D eigenvalue weighted by molar-refractivity contribution is 0.0960. The summed E-state index contributed by atoms with van der Waals surface area (Å²) in [6.07, 6.45) is 0. The Balaban J connectivity index is 1.64. The Labute approximate surface area is 445 Å². The van der Waals surface area contributed by atoms with Crippen LogP contribution in [0.2, 0.25) is 0 Å². The third-order valence-corrected chi connectivity index (χ3v) is 16.0. The maximum Gasteiger partial charge on any atom is 0.194 e. The minimum atomic E-state index is -1.65. The molecular weight excluding hydrogens is 925 g/mol. The Morgan fingerprint density at radius 1 is 0.360 bits per heavy atom. The fraction of sp³-hybridized carbons (Fsp3) is 0.377. The Morgan fingerprint density at radius 2 is 0.627 bits per heavy atom. The van der Waals surface area contributed by atoms with Crippen LogP contribution in [0.5, 0.6) is 17.2 Å². The van der Waals surface area contributed by atoms with Crippen molar-refractivity contribution in [2.75, 3.05) is 0 Å². The highest BCUT2D eigenvalue weighted by atomic mass is 16.3. The van der Waals surface area contributed by atoms with E-state index in [1.165, 1.54) is 0 Å². The number of phenolic OH excluding ortho intramolecular Hbond substituents is 3.